The zero-order chi connectivity index (χ0) is 15.2. The molecule has 0 aromatic carbocycles. The van der Waals surface area contributed by atoms with Crippen LogP contribution >= 0.6 is 0 Å². The summed E-state index contributed by atoms with van der Waals surface area (Å²) in [7, 11) is 0. The summed E-state index contributed by atoms with van der Waals surface area (Å²) >= 11 is 0. The minimum Gasteiger partial charge on any atom is -0.458 e. The monoisotopic (exact) mass is 286 g/mol. The first-order chi connectivity index (χ1) is 8.54. The van der Waals surface area contributed by atoms with Crippen molar-refractivity contribution in [2.24, 2.45) is 0 Å². The maximum atomic E-state index is 12.6. The summed E-state index contributed by atoms with van der Waals surface area (Å²) in [6.45, 7) is 4.09. The van der Waals surface area contributed by atoms with Gasteiger partial charge in [0.25, 0.3) is 0 Å². The zero-order valence-electron chi connectivity index (χ0n) is 10.4. The van der Waals surface area contributed by atoms with Gasteiger partial charge in [-0.1, -0.05) is 6.58 Å². The highest BCUT2D eigenvalue weighted by atomic mass is 19.3. The van der Waals surface area contributed by atoms with Gasteiger partial charge in [0, 0.05) is 18.9 Å². The van der Waals surface area contributed by atoms with E-state index in [1.165, 1.54) is 6.92 Å². The fourth-order valence-corrected chi connectivity index (χ4v) is 0.896. The standard InChI is InChI=1S/C11H14F4O4/c1-6(2)9(16)18-5-7(4-8(12)13)19-10(17)11(3,14)15/h7-8H,1,4-5H2,2-3H3. The summed E-state index contributed by atoms with van der Waals surface area (Å²) in [6.07, 6.45) is -5.54. The molecule has 19 heavy (non-hydrogen) atoms. The topological polar surface area (TPSA) is 52.6 Å². The molecule has 0 heterocycles. The summed E-state index contributed by atoms with van der Waals surface area (Å²) in [4.78, 5) is 21.9. The Hall–Kier alpha value is -1.60. The molecule has 0 rings (SSSR count). The molecule has 0 radical (unpaired) electrons. The third kappa shape index (κ3) is 7.43. The normalized spacial score (nSPS) is 13.0. The lowest BCUT2D eigenvalue weighted by molar-refractivity contribution is -0.181. The van der Waals surface area contributed by atoms with Crippen LogP contribution in [0.25, 0.3) is 0 Å². The van der Waals surface area contributed by atoms with E-state index < -0.39 is 43.4 Å². The second-order valence-corrected chi connectivity index (χ2v) is 3.92. The SMILES string of the molecule is C=C(C)C(=O)OCC(CC(F)F)OC(=O)C(C)(F)F. The van der Waals surface area contributed by atoms with Gasteiger partial charge in [-0.25, -0.2) is 18.4 Å². The van der Waals surface area contributed by atoms with E-state index in [0.29, 0.717) is 0 Å². The van der Waals surface area contributed by atoms with E-state index in [1.54, 1.807) is 0 Å². The Kier molecular flexibility index (Phi) is 6.51. The van der Waals surface area contributed by atoms with Crippen LogP contribution in [0, 0.1) is 0 Å². The molecular weight excluding hydrogens is 272 g/mol. The van der Waals surface area contributed by atoms with Crippen molar-refractivity contribution in [3.8, 4) is 0 Å². The third-order valence-corrected chi connectivity index (χ3v) is 1.82. The van der Waals surface area contributed by atoms with E-state index in [-0.39, 0.29) is 12.5 Å². The molecular formula is C11H14F4O4. The van der Waals surface area contributed by atoms with E-state index in [4.69, 9.17) is 0 Å². The van der Waals surface area contributed by atoms with Crippen molar-refractivity contribution in [1.82, 2.24) is 0 Å². The van der Waals surface area contributed by atoms with Crippen LogP contribution in [0.4, 0.5) is 17.6 Å². The average molecular weight is 286 g/mol. The molecule has 0 aromatic rings. The maximum Gasteiger partial charge on any atom is 0.377 e. The van der Waals surface area contributed by atoms with E-state index in [0.717, 1.165) is 0 Å². The van der Waals surface area contributed by atoms with Crippen LogP contribution in [-0.4, -0.2) is 37.0 Å². The molecule has 0 aliphatic carbocycles. The highest BCUT2D eigenvalue weighted by Gasteiger charge is 2.37. The number of halogens is 4. The highest BCUT2D eigenvalue weighted by Crippen LogP contribution is 2.17. The molecule has 0 N–H and O–H groups in total. The molecule has 0 aromatic heterocycles. The average Bonchev–Trinajstić information content (AvgIpc) is 2.22. The Morgan fingerprint density at radius 1 is 1.32 bits per heavy atom. The van der Waals surface area contributed by atoms with Gasteiger partial charge in [0.2, 0.25) is 6.43 Å². The van der Waals surface area contributed by atoms with Crippen LogP contribution in [0.15, 0.2) is 12.2 Å². The first-order valence-electron chi connectivity index (χ1n) is 5.23. The van der Waals surface area contributed by atoms with E-state index in [9.17, 15) is 27.2 Å². The Morgan fingerprint density at radius 2 is 1.84 bits per heavy atom. The molecule has 0 amide bonds. The van der Waals surface area contributed by atoms with Crippen LogP contribution < -0.4 is 0 Å². The summed E-state index contributed by atoms with van der Waals surface area (Å²) in [5.74, 6) is -6.65. The van der Waals surface area contributed by atoms with Crippen molar-refractivity contribution in [1.29, 1.82) is 0 Å². The van der Waals surface area contributed by atoms with Gasteiger partial charge in [0.1, 0.15) is 12.7 Å². The van der Waals surface area contributed by atoms with Crippen LogP contribution in [0.1, 0.15) is 20.3 Å². The number of alkyl halides is 4. The molecule has 1 unspecified atom stereocenters. The predicted molar refractivity (Wildman–Crippen MR) is 56.9 cm³/mol. The van der Waals surface area contributed by atoms with Gasteiger partial charge in [0.05, 0.1) is 0 Å². The molecule has 0 bridgehead atoms. The quantitative estimate of drug-likeness (QED) is 0.409. The molecule has 0 fully saturated rings. The van der Waals surface area contributed by atoms with Gasteiger partial charge >= 0.3 is 17.9 Å². The third-order valence-electron chi connectivity index (χ3n) is 1.82. The van der Waals surface area contributed by atoms with Crippen molar-refractivity contribution in [2.75, 3.05) is 6.61 Å². The van der Waals surface area contributed by atoms with Crippen molar-refractivity contribution in [2.45, 2.75) is 38.7 Å². The zero-order valence-corrected chi connectivity index (χ0v) is 10.4. The molecule has 0 spiro atoms. The number of ether oxygens (including phenoxy) is 2. The van der Waals surface area contributed by atoms with Crippen LogP contribution in [-0.2, 0) is 19.1 Å². The highest BCUT2D eigenvalue weighted by molar-refractivity contribution is 5.86. The first kappa shape index (κ1) is 17.4. The molecule has 4 nitrogen and oxygen atoms in total. The molecule has 0 saturated heterocycles. The van der Waals surface area contributed by atoms with Gasteiger partial charge in [-0.15, -0.1) is 0 Å². The van der Waals surface area contributed by atoms with Crippen molar-refractivity contribution < 1.29 is 36.6 Å². The Bertz CT molecular complexity index is 349. The fourth-order valence-electron chi connectivity index (χ4n) is 0.896. The summed E-state index contributed by atoms with van der Waals surface area (Å²) in [5, 5.41) is 0. The van der Waals surface area contributed by atoms with Gasteiger partial charge < -0.3 is 9.47 Å². The van der Waals surface area contributed by atoms with E-state index in [1.807, 2.05) is 0 Å². The van der Waals surface area contributed by atoms with Gasteiger partial charge in [-0.2, -0.15) is 8.78 Å². The van der Waals surface area contributed by atoms with Crippen molar-refractivity contribution in [3.05, 3.63) is 12.2 Å². The number of carbonyl (C=O) groups excluding carboxylic acids is 2. The lowest BCUT2D eigenvalue weighted by atomic mass is 10.2. The Balaban J connectivity index is 4.52. The van der Waals surface area contributed by atoms with Crippen LogP contribution in [0.3, 0.4) is 0 Å². The minimum absolute atomic E-state index is 0.00273. The molecule has 0 aliphatic heterocycles. The van der Waals surface area contributed by atoms with E-state index in [2.05, 4.69) is 16.1 Å². The fraction of sp³-hybridized carbons (Fsp3) is 0.636. The molecule has 110 valence electrons. The largest absolute Gasteiger partial charge is 0.458 e. The number of rotatable bonds is 7. The Morgan fingerprint density at radius 3 is 2.21 bits per heavy atom. The number of hydrogen-bond acceptors (Lipinski definition) is 4. The molecule has 0 aliphatic rings. The van der Waals surface area contributed by atoms with Crippen molar-refractivity contribution in [3.63, 3.8) is 0 Å². The van der Waals surface area contributed by atoms with Crippen molar-refractivity contribution >= 4 is 11.9 Å². The predicted octanol–water partition coefficient (Wildman–Crippen LogP) is 2.33. The number of esters is 2. The molecule has 1 atom stereocenters. The minimum atomic E-state index is -3.81. The summed E-state index contributed by atoms with van der Waals surface area (Å²) < 4.78 is 58.1. The second-order valence-electron chi connectivity index (χ2n) is 3.92. The van der Waals surface area contributed by atoms with Gasteiger partial charge in [0.15, 0.2) is 0 Å². The lowest BCUT2D eigenvalue weighted by Crippen LogP contribution is -2.34. The van der Waals surface area contributed by atoms with Gasteiger partial charge in [-0.05, 0) is 6.92 Å². The molecule has 8 heteroatoms. The maximum absolute atomic E-state index is 12.6. The van der Waals surface area contributed by atoms with Crippen LogP contribution in [0.5, 0.6) is 0 Å². The number of carbonyl (C=O) groups is 2. The first-order valence-corrected chi connectivity index (χ1v) is 5.23. The van der Waals surface area contributed by atoms with Crippen LogP contribution in [0.2, 0.25) is 0 Å². The second kappa shape index (κ2) is 7.10. The smallest absolute Gasteiger partial charge is 0.377 e. The Labute approximate surface area is 107 Å². The molecule has 0 saturated carbocycles. The summed E-state index contributed by atoms with van der Waals surface area (Å²) in [5.41, 5.74) is 0.00273. The van der Waals surface area contributed by atoms with Gasteiger partial charge in [-0.3, -0.25) is 0 Å². The summed E-state index contributed by atoms with van der Waals surface area (Å²) in [6, 6.07) is 0. The lowest BCUT2D eigenvalue weighted by Gasteiger charge is -2.19. The number of hydrogen-bond donors (Lipinski definition) is 0. The van der Waals surface area contributed by atoms with E-state index >= 15 is 0 Å².